The second-order valence-electron chi connectivity index (χ2n) is 6.48. The number of amides is 1. The Balaban J connectivity index is 1.99. The lowest BCUT2D eigenvalue weighted by molar-refractivity contribution is -0.122. The summed E-state index contributed by atoms with van der Waals surface area (Å²) in [7, 11) is 1.62. The van der Waals surface area contributed by atoms with Crippen molar-refractivity contribution in [3.05, 3.63) is 29.0 Å². The lowest BCUT2D eigenvalue weighted by Gasteiger charge is -2.14. The third kappa shape index (κ3) is 5.69. The predicted octanol–water partition coefficient (Wildman–Crippen LogP) is 4.09. The summed E-state index contributed by atoms with van der Waals surface area (Å²) in [5.74, 6) is 1.35. The van der Waals surface area contributed by atoms with E-state index < -0.39 is 0 Å². The van der Waals surface area contributed by atoms with E-state index in [1.54, 1.807) is 11.7 Å². The van der Waals surface area contributed by atoms with E-state index in [0.29, 0.717) is 10.6 Å². The summed E-state index contributed by atoms with van der Waals surface area (Å²) in [5.41, 5.74) is 0.874. The number of benzene rings is 1. The molecular weight excluding hydrogens is 348 g/mol. The van der Waals surface area contributed by atoms with Gasteiger partial charge in [-0.2, -0.15) is 5.10 Å². The lowest BCUT2D eigenvalue weighted by Crippen LogP contribution is -2.35. The van der Waals surface area contributed by atoms with Crippen LogP contribution in [0.2, 0.25) is 0 Å². The van der Waals surface area contributed by atoms with E-state index in [4.69, 9.17) is 17.0 Å². The molecule has 1 aromatic carbocycles. The topological polar surface area (TPSA) is 71.9 Å². The number of carbonyl (C=O) groups excluding carboxylic acids is 1. The summed E-state index contributed by atoms with van der Waals surface area (Å²) in [4.78, 5) is 12.4. The van der Waals surface area contributed by atoms with Crippen LogP contribution in [0.25, 0.3) is 11.4 Å². The molecule has 0 fully saturated rings. The number of aromatic nitrogens is 3. The summed E-state index contributed by atoms with van der Waals surface area (Å²) in [6.07, 6.45) is 5.81. The lowest BCUT2D eigenvalue weighted by atomic mass is 10.1. The maximum Gasteiger partial charge on any atom is 0.240 e. The van der Waals surface area contributed by atoms with Gasteiger partial charge in [-0.05, 0) is 49.8 Å². The van der Waals surface area contributed by atoms with E-state index in [9.17, 15) is 4.79 Å². The summed E-state index contributed by atoms with van der Waals surface area (Å²) in [6.45, 7) is 4.39. The van der Waals surface area contributed by atoms with Gasteiger partial charge in [-0.25, -0.2) is 0 Å². The Bertz CT molecular complexity index is 752. The van der Waals surface area contributed by atoms with Crippen LogP contribution in [0.15, 0.2) is 24.3 Å². The second kappa shape index (κ2) is 10.1. The molecule has 1 unspecified atom stereocenters. The van der Waals surface area contributed by atoms with Crippen LogP contribution in [0.4, 0.5) is 0 Å². The molecule has 26 heavy (non-hydrogen) atoms. The zero-order chi connectivity index (χ0) is 18.9. The smallest absolute Gasteiger partial charge is 0.240 e. The number of hydrogen-bond acceptors (Lipinski definition) is 4. The Morgan fingerprint density at radius 3 is 2.69 bits per heavy atom. The van der Waals surface area contributed by atoms with Crippen molar-refractivity contribution < 1.29 is 9.53 Å². The van der Waals surface area contributed by atoms with Gasteiger partial charge in [0.15, 0.2) is 10.6 Å². The monoisotopic (exact) mass is 376 g/mol. The number of nitrogens with one attached hydrogen (secondary N) is 2. The molecule has 0 radical (unpaired) electrons. The molecule has 6 nitrogen and oxygen atoms in total. The molecule has 2 N–H and O–H groups in total. The molecule has 0 spiro atoms. The molecular formula is C19H28N4O2S. The van der Waals surface area contributed by atoms with Crippen LogP contribution in [-0.4, -0.2) is 33.8 Å². The number of H-pyrrole nitrogens is 1. The van der Waals surface area contributed by atoms with Crippen molar-refractivity contribution >= 4 is 18.1 Å². The summed E-state index contributed by atoms with van der Waals surface area (Å²) in [6, 6.07) is 7.67. The van der Waals surface area contributed by atoms with Gasteiger partial charge in [-0.15, -0.1) is 0 Å². The van der Waals surface area contributed by atoms with Gasteiger partial charge in [0, 0.05) is 11.6 Å². The van der Waals surface area contributed by atoms with Gasteiger partial charge in [-0.3, -0.25) is 14.5 Å². The SMILES string of the molecule is CCCCCCC(C)NC(=O)Cn1c(-c2ccc(OC)cc2)n[nH]c1=S. The van der Waals surface area contributed by atoms with Crippen LogP contribution in [-0.2, 0) is 11.3 Å². The highest BCUT2D eigenvalue weighted by Crippen LogP contribution is 2.20. The van der Waals surface area contributed by atoms with E-state index in [1.165, 1.54) is 19.3 Å². The van der Waals surface area contributed by atoms with E-state index in [-0.39, 0.29) is 18.5 Å². The average molecular weight is 377 g/mol. The molecule has 2 rings (SSSR count). The molecule has 2 aromatic rings. The average Bonchev–Trinajstić information content (AvgIpc) is 2.99. The number of carbonyl (C=O) groups is 1. The van der Waals surface area contributed by atoms with Crippen molar-refractivity contribution in [2.24, 2.45) is 0 Å². The summed E-state index contributed by atoms with van der Waals surface area (Å²) >= 11 is 5.29. The molecule has 0 aliphatic rings. The molecule has 1 atom stereocenters. The fourth-order valence-electron chi connectivity index (χ4n) is 2.84. The van der Waals surface area contributed by atoms with Crippen molar-refractivity contribution in [3.8, 4) is 17.1 Å². The highest BCUT2D eigenvalue weighted by Gasteiger charge is 2.14. The third-order valence-electron chi connectivity index (χ3n) is 4.31. The van der Waals surface area contributed by atoms with Crippen molar-refractivity contribution in [2.75, 3.05) is 7.11 Å². The van der Waals surface area contributed by atoms with Crippen molar-refractivity contribution in [3.63, 3.8) is 0 Å². The molecule has 0 saturated carbocycles. The Hall–Kier alpha value is -2.15. The first-order valence-electron chi connectivity index (χ1n) is 9.14. The van der Waals surface area contributed by atoms with Crippen LogP contribution in [0.1, 0.15) is 46.0 Å². The fourth-order valence-corrected chi connectivity index (χ4v) is 3.04. The van der Waals surface area contributed by atoms with E-state index >= 15 is 0 Å². The predicted molar refractivity (Wildman–Crippen MR) is 106 cm³/mol. The van der Waals surface area contributed by atoms with E-state index in [1.807, 2.05) is 31.2 Å². The first kappa shape index (κ1) is 20.2. The number of methoxy groups -OCH3 is 1. The maximum absolute atomic E-state index is 12.4. The van der Waals surface area contributed by atoms with Crippen molar-refractivity contribution in [1.29, 1.82) is 0 Å². The highest BCUT2D eigenvalue weighted by atomic mass is 32.1. The number of nitrogens with zero attached hydrogens (tertiary/aromatic N) is 2. The molecule has 1 heterocycles. The zero-order valence-corrected chi connectivity index (χ0v) is 16.6. The van der Waals surface area contributed by atoms with Crippen molar-refractivity contribution in [2.45, 2.75) is 58.5 Å². The zero-order valence-electron chi connectivity index (χ0n) is 15.7. The molecule has 7 heteroatoms. The molecule has 0 aliphatic carbocycles. The minimum atomic E-state index is -0.0553. The van der Waals surface area contributed by atoms with Crippen LogP contribution in [0.3, 0.4) is 0 Å². The fraction of sp³-hybridized carbons (Fsp3) is 0.526. The van der Waals surface area contributed by atoms with Gasteiger partial charge in [0.05, 0.1) is 7.11 Å². The number of rotatable bonds is 10. The van der Waals surface area contributed by atoms with Crippen molar-refractivity contribution in [1.82, 2.24) is 20.1 Å². The van der Waals surface area contributed by atoms with Gasteiger partial charge in [0.1, 0.15) is 12.3 Å². The van der Waals surface area contributed by atoms with Crippen LogP contribution in [0.5, 0.6) is 5.75 Å². The Morgan fingerprint density at radius 1 is 1.31 bits per heavy atom. The Morgan fingerprint density at radius 2 is 2.04 bits per heavy atom. The number of ether oxygens (including phenoxy) is 1. The highest BCUT2D eigenvalue weighted by molar-refractivity contribution is 7.71. The van der Waals surface area contributed by atoms with Gasteiger partial charge in [0.25, 0.3) is 0 Å². The van der Waals surface area contributed by atoms with E-state index in [0.717, 1.165) is 24.2 Å². The normalized spacial score (nSPS) is 12.0. The molecule has 0 bridgehead atoms. The molecule has 0 aliphatic heterocycles. The first-order chi connectivity index (χ1) is 12.5. The van der Waals surface area contributed by atoms with Gasteiger partial charge >= 0.3 is 0 Å². The number of aromatic amines is 1. The molecule has 1 aromatic heterocycles. The van der Waals surface area contributed by atoms with E-state index in [2.05, 4.69) is 22.4 Å². The Labute approximate surface area is 160 Å². The van der Waals surface area contributed by atoms with Crippen LogP contribution in [0, 0.1) is 4.77 Å². The second-order valence-corrected chi connectivity index (χ2v) is 6.87. The minimum Gasteiger partial charge on any atom is -0.497 e. The van der Waals surface area contributed by atoms with Gasteiger partial charge in [-0.1, -0.05) is 32.6 Å². The third-order valence-corrected chi connectivity index (χ3v) is 4.62. The maximum atomic E-state index is 12.4. The van der Waals surface area contributed by atoms with Crippen LogP contribution < -0.4 is 10.1 Å². The number of unbranched alkanes of at least 4 members (excludes halogenated alkanes) is 3. The van der Waals surface area contributed by atoms with Gasteiger partial charge in [0.2, 0.25) is 5.91 Å². The number of hydrogen-bond donors (Lipinski definition) is 2. The standard InChI is InChI=1S/C19H28N4O2S/c1-4-5-6-7-8-14(2)20-17(24)13-23-18(21-22-19(23)26)15-9-11-16(25-3)12-10-15/h9-12,14H,4-8,13H2,1-3H3,(H,20,24)(H,22,26). The largest absolute Gasteiger partial charge is 0.497 e. The Kier molecular flexibility index (Phi) is 7.84. The molecule has 142 valence electrons. The minimum absolute atomic E-state index is 0.0553. The first-order valence-corrected chi connectivity index (χ1v) is 9.55. The quantitative estimate of drug-likeness (QED) is 0.484. The molecule has 1 amide bonds. The van der Waals surface area contributed by atoms with Gasteiger partial charge < -0.3 is 10.1 Å². The summed E-state index contributed by atoms with van der Waals surface area (Å²) < 4.78 is 7.33. The summed E-state index contributed by atoms with van der Waals surface area (Å²) in [5, 5.41) is 10.1. The molecule has 0 saturated heterocycles. The van der Waals surface area contributed by atoms with Crippen LogP contribution >= 0.6 is 12.2 Å².